The zero-order chi connectivity index (χ0) is 17.9. The van der Waals surface area contributed by atoms with Crippen LogP contribution >= 0.6 is 0 Å². The Balaban J connectivity index is 1.74. The molecule has 132 valence electrons. The molecule has 1 aromatic heterocycles. The minimum atomic E-state index is -0.571. The fourth-order valence-electron chi connectivity index (χ4n) is 2.59. The summed E-state index contributed by atoms with van der Waals surface area (Å²) in [5, 5.41) is 18.8. The summed E-state index contributed by atoms with van der Waals surface area (Å²) in [6.45, 7) is 6.93. The van der Waals surface area contributed by atoms with E-state index in [2.05, 4.69) is 31.2 Å². The van der Waals surface area contributed by atoms with Gasteiger partial charge < -0.3 is 15.2 Å². The highest BCUT2D eigenvalue weighted by atomic mass is 16.5. The maximum Gasteiger partial charge on any atom is 0.130 e. The smallest absolute Gasteiger partial charge is 0.130 e. The van der Waals surface area contributed by atoms with Crippen LogP contribution in [0.5, 0.6) is 5.75 Å². The van der Waals surface area contributed by atoms with Crippen LogP contribution in [-0.2, 0) is 0 Å². The summed E-state index contributed by atoms with van der Waals surface area (Å²) in [7, 11) is 0. The van der Waals surface area contributed by atoms with Crippen LogP contribution < -0.4 is 10.1 Å². The molecule has 5 nitrogen and oxygen atoms in total. The molecule has 25 heavy (non-hydrogen) atoms. The molecule has 1 heterocycles. The van der Waals surface area contributed by atoms with Gasteiger partial charge in [0.2, 0.25) is 0 Å². The molecule has 3 aromatic rings. The zero-order valence-corrected chi connectivity index (χ0v) is 14.9. The van der Waals surface area contributed by atoms with Crippen molar-refractivity contribution in [3.05, 3.63) is 54.7 Å². The molecule has 1 unspecified atom stereocenters. The van der Waals surface area contributed by atoms with Crippen LogP contribution in [0.2, 0.25) is 0 Å². The Hall–Kier alpha value is -2.37. The highest BCUT2D eigenvalue weighted by Crippen LogP contribution is 2.27. The van der Waals surface area contributed by atoms with E-state index >= 15 is 0 Å². The summed E-state index contributed by atoms with van der Waals surface area (Å²) >= 11 is 0. The van der Waals surface area contributed by atoms with Crippen molar-refractivity contribution >= 4 is 10.9 Å². The second-order valence-corrected chi connectivity index (χ2v) is 7.18. The minimum absolute atomic E-state index is 0.0299. The number of nitrogens with one attached hydrogen (secondary N) is 1. The standard InChI is InChI=1S/C20H25N3O2/c1-20(2,3)21-12-16(24)14-25-19-11-7-10-18-17(19)13-22-23(18)15-8-5-4-6-9-15/h4-11,13,16,21,24H,12,14H2,1-3H3. The van der Waals surface area contributed by atoms with Gasteiger partial charge in [-0.15, -0.1) is 0 Å². The number of ether oxygens (including phenoxy) is 1. The number of aliphatic hydroxyl groups is 1. The lowest BCUT2D eigenvalue weighted by molar-refractivity contribution is 0.101. The maximum absolute atomic E-state index is 10.1. The number of para-hydroxylation sites is 1. The van der Waals surface area contributed by atoms with Crippen LogP contribution in [0.15, 0.2) is 54.7 Å². The van der Waals surface area contributed by atoms with Crippen LogP contribution in [0.25, 0.3) is 16.6 Å². The number of hydrogen-bond donors (Lipinski definition) is 2. The van der Waals surface area contributed by atoms with Crippen molar-refractivity contribution in [2.24, 2.45) is 0 Å². The minimum Gasteiger partial charge on any atom is -0.490 e. The summed E-state index contributed by atoms with van der Waals surface area (Å²) < 4.78 is 7.74. The molecule has 0 saturated carbocycles. The molecule has 2 N–H and O–H groups in total. The number of aliphatic hydroxyl groups excluding tert-OH is 1. The highest BCUT2D eigenvalue weighted by molar-refractivity contribution is 5.86. The van der Waals surface area contributed by atoms with Gasteiger partial charge in [0.05, 0.1) is 22.8 Å². The van der Waals surface area contributed by atoms with Crippen LogP contribution in [0.1, 0.15) is 20.8 Å². The van der Waals surface area contributed by atoms with Crippen LogP contribution in [-0.4, -0.2) is 39.7 Å². The van der Waals surface area contributed by atoms with Crippen molar-refractivity contribution in [2.75, 3.05) is 13.2 Å². The Morgan fingerprint density at radius 3 is 2.60 bits per heavy atom. The Bertz CT molecular complexity index is 822. The average molecular weight is 339 g/mol. The van der Waals surface area contributed by atoms with E-state index in [9.17, 15) is 5.11 Å². The molecule has 0 amide bonds. The number of benzene rings is 2. The van der Waals surface area contributed by atoms with Gasteiger partial charge in [0.15, 0.2) is 0 Å². The Morgan fingerprint density at radius 2 is 1.88 bits per heavy atom. The summed E-state index contributed by atoms with van der Waals surface area (Å²) in [5.41, 5.74) is 1.95. The number of β-amino-alcohol motifs (C(OH)–C–C–N with tert-alkyl or cyclic N) is 1. The number of aromatic nitrogens is 2. The molecule has 0 radical (unpaired) electrons. The summed E-state index contributed by atoms with van der Waals surface area (Å²) in [4.78, 5) is 0. The number of hydrogen-bond acceptors (Lipinski definition) is 4. The van der Waals surface area contributed by atoms with Gasteiger partial charge in [0, 0.05) is 12.1 Å². The topological polar surface area (TPSA) is 59.3 Å². The predicted octanol–water partition coefficient (Wildman–Crippen LogP) is 3.15. The van der Waals surface area contributed by atoms with E-state index in [4.69, 9.17) is 4.74 Å². The molecular formula is C20H25N3O2. The second kappa shape index (κ2) is 7.25. The fourth-order valence-corrected chi connectivity index (χ4v) is 2.59. The normalized spacial score (nSPS) is 13.1. The first-order chi connectivity index (χ1) is 11.9. The summed E-state index contributed by atoms with van der Waals surface area (Å²) in [6.07, 6.45) is 1.23. The lowest BCUT2D eigenvalue weighted by Gasteiger charge is -2.23. The maximum atomic E-state index is 10.1. The predicted molar refractivity (Wildman–Crippen MR) is 100 cm³/mol. The first-order valence-corrected chi connectivity index (χ1v) is 8.52. The molecule has 0 saturated heterocycles. The van der Waals surface area contributed by atoms with Crippen LogP contribution in [0, 0.1) is 0 Å². The Morgan fingerprint density at radius 1 is 1.12 bits per heavy atom. The highest BCUT2D eigenvalue weighted by Gasteiger charge is 2.14. The van der Waals surface area contributed by atoms with Gasteiger partial charge in [0.1, 0.15) is 18.5 Å². The third-order valence-electron chi connectivity index (χ3n) is 3.87. The lowest BCUT2D eigenvalue weighted by atomic mass is 10.1. The van der Waals surface area contributed by atoms with Crippen LogP contribution in [0.4, 0.5) is 0 Å². The van der Waals surface area contributed by atoms with Gasteiger partial charge in [-0.3, -0.25) is 0 Å². The summed E-state index contributed by atoms with van der Waals surface area (Å²) in [5.74, 6) is 0.731. The molecule has 2 aromatic carbocycles. The number of rotatable bonds is 6. The van der Waals surface area contributed by atoms with E-state index < -0.39 is 6.10 Å². The summed E-state index contributed by atoms with van der Waals surface area (Å²) in [6, 6.07) is 15.9. The van der Waals surface area contributed by atoms with E-state index in [1.54, 1.807) is 6.20 Å². The number of nitrogens with zero attached hydrogens (tertiary/aromatic N) is 2. The van der Waals surface area contributed by atoms with Crippen molar-refractivity contribution in [1.29, 1.82) is 0 Å². The Labute approximate surface area is 148 Å². The monoisotopic (exact) mass is 339 g/mol. The van der Waals surface area contributed by atoms with E-state index in [-0.39, 0.29) is 12.1 Å². The molecule has 0 aliphatic carbocycles. The van der Waals surface area contributed by atoms with Gasteiger partial charge in [-0.25, -0.2) is 4.68 Å². The van der Waals surface area contributed by atoms with Crippen LogP contribution in [0.3, 0.4) is 0 Å². The first kappa shape index (κ1) is 17.5. The van der Waals surface area contributed by atoms with Crippen molar-refractivity contribution in [1.82, 2.24) is 15.1 Å². The molecule has 0 fully saturated rings. The molecule has 0 aliphatic heterocycles. The van der Waals surface area contributed by atoms with Crippen molar-refractivity contribution < 1.29 is 9.84 Å². The van der Waals surface area contributed by atoms with Gasteiger partial charge >= 0.3 is 0 Å². The van der Waals surface area contributed by atoms with Gasteiger partial charge in [-0.1, -0.05) is 24.3 Å². The molecule has 3 rings (SSSR count). The van der Waals surface area contributed by atoms with Gasteiger partial charge in [-0.2, -0.15) is 5.10 Å². The van der Waals surface area contributed by atoms with Crippen molar-refractivity contribution in [3.63, 3.8) is 0 Å². The first-order valence-electron chi connectivity index (χ1n) is 8.52. The largest absolute Gasteiger partial charge is 0.490 e. The van der Waals surface area contributed by atoms with E-state index in [0.29, 0.717) is 6.54 Å². The van der Waals surface area contributed by atoms with Gasteiger partial charge in [-0.05, 0) is 45.0 Å². The average Bonchev–Trinajstić information content (AvgIpc) is 3.03. The van der Waals surface area contributed by atoms with Gasteiger partial charge in [0.25, 0.3) is 0 Å². The molecule has 0 aliphatic rings. The SMILES string of the molecule is CC(C)(C)NCC(O)COc1cccc2c1cnn2-c1ccccc1. The zero-order valence-electron chi connectivity index (χ0n) is 14.9. The fraction of sp³-hybridized carbons (Fsp3) is 0.350. The van der Waals surface area contributed by atoms with E-state index in [0.717, 1.165) is 22.3 Å². The van der Waals surface area contributed by atoms with E-state index in [1.807, 2.05) is 53.2 Å². The van der Waals surface area contributed by atoms with Crippen molar-refractivity contribution in [2.45, 2.75) is 32.4 Å². The molecule has 5 heteroatoms. The quantitative estimate of drug-likeness (QED) is 0.724. The lowest BCUT2D eigenvalue weighted by Crippen LogP contribution is -2.42. The molecular weight excluding hydrogens is 314 g/mol. The molecule has 1 atom stereocenters. The number of fused-ring (bicyclic) bond motifs is 1. The molecule has 0 bridgehead atoms. The second-order valence-electron chi connectivity index (χ2n) is 7.18. The molecule has 0 spiro atoms. The third kappa shape index (κ3) is 4.38. The van der Waals surface area contributed by atoms with Crippen molar-refractivity contribution in [3.8, 4) is 11.4 Å². The Kier molecular flexibility index (Phi) is 5.06. The third-order valence-corrected chi connectivity index (χ3v) is 3.87. The van der Waals surface area contributed by atoms with E-state index in [1.165, 1.54) is 0 Å².